The molecule has 0 fully saturated rings. The van der Waals surface area contributed by atoms with Gasteiger partial charge in [-0.1, -0.05) is 37.3 Å². The van der Waals surface area contributed by atoms with Crippen molar-refractivity contribution in [1.29, 1.82) is 0 Å². The zero-order valence-electron chi connectivity index (χ0n) is 13.7. The first kappa shape index (κ1) is 15.8. The minimum absolute atomic E-state index is 0.205. The number of nitrogens with one attached hydrogen (secondary N) is 1. The molecule has 2 aromatic rings. The molecule has 0 saturated carbocycles. The Balaban J connectivity index is 1.67. The first-order valence-electron chi connectivity index (χ1n) is 8.42. The van der Waals surface area contributed by atoms with Crippen molar-refractivity contribution in [2.75, 3.05) is 25.0 Å². The zero-order valence-corrected chi connectivity index (χ0v) is 13.7. The van der Waals surface area contributed by atoms with Crippen LogP contribution in [0.4, 0.5) is 5.69 Å². The second-order valence-electron chi connectivity index (χ2n) is 6.11. The van der Waals surface area contributed by atoms with Crippen molar-refractivity contribution in [3.05, 3.63) is 65.2 Å². The maximum absolute atomic E-state index is 12.6. The minimum Gasteiger partial charge on any atom is -0.385 e. The van der Waals surface area contributed by atoms with Crippen LogP contribution in [-0.4, -0.2) is 30.3 Å². The van der Waals surface area contributed by atoms with Gasteiger partial charge in [-0.2, -0.15) is 0 Å². The third-order valence-corrected chi connectivity index (χ3v) is 4.43. The van der Waals surface area contributed by atoms with E-state index in [1.807, 2.05) is 24.3 Å². The highest BCUT2D eigenvalue weighted by atomic mass is 16.1. The van der Waals surface area contributed by atoms with Gasteiger partial charge in [0.25, 0.3) is 0 Å². The Labute approximate surface area is 138 Å². The number of carbonyl (C=O) groups excluding carboxylic acids is 1. The SMILES string of the molecule is CCN(CC(=O)c1ccc2c(c1)CCCN2)Cc1ccccc1. The fraction of sp³-hybridized carbons (Fsp3) is 0.350. The number of fused-ring (bicyclic) bond motifs is 1. The molecule has 3 rings (SSSR count). The van der Waals surface area contributed by atoms with Crippen molar-refractivity contribution in [1.82, 2.24) is 4.90 Å². The van der Waals surface area contributed by atoms with Crippen LogP contribution in [0, 0.1) is 0 Å². The molecule has 0 aromatic heterocycles. The summed E-state index contributed by atoms with van der Waals surface area (Å²) >= 11 is 0. The molecular formula is C20H24N2O. The van der Waals surface area contributed by atoms with Crippen molar-refractivity contribution in [2.24, 2.45) is 0 Å². The summed E-state index contributed by atoms with van der Waals surface area (Å²) in [4.78, 5) is 14.8. The molecule has 1 aliphatic heterocycles. The van der Waals surface area contributed by atoms with Crippen LogP contribution < -0.4 is 5.32 Å². The normalized spacial score (nSPS) is 13.5. The van der Waals surface area contributed by atoms with Gasteiger partial charge in [0.2, 0.25) is 0 Å². The number of rotatable bonds is 6. The van der Waals surface area contributed by atoms with Crippen molar-refractivity contribution >= 4 is 11.5 Å². The second kappa shape index (κ2) is 7.42. The maximum atomic E-state index is 12.6. The molecule has 0 radical (unpaired) electrons. The topological polar surface area (TPSA) is 32.3 Å². The first-order valence-corrected chi connectivity index (χ1v) is 8.42. The predicted octanol–water partition coefficient (Wildman–Crippen LogP) is 3.75. The molecule has 23 heavy (non-hydrogen) atoms. The minimum atomic E-state index is 0.205. The van der Waals surface area contributed by atoms with Gasteiger partial charge in [0.1, 0.15) is 0 Å². The van der Waals surface area contributed by atoms with Gasteiger partial charge in [0.05, 0.1) is 6.54 Å². The highest BCUT2D eigenvalue weighted by Crippen LogP contribution is 2.23. The fourth-order valence-electron chi connectivity index (χ4n) is 3.06. The summed E-state index contributed by atoms with van der Waals surface area (Å²) in [5.74, 6) is 0.205. The van der Waals surface area contributed by atoms with E-state index in [0.29, 0.717) is 6.54 Å². The molecule has 0 saturated heterocycles. The fourth-order valence-corrected chi connectivity index (χ4v) is 3.06. The van der Waals surface area contributed by atoms with E-state index < -0.39 is 0 Å². The molecule has 2 aromatic carbocycles. The summed E-state index contributed by atoms with van der Waals surface area (Å²) in [6.45, 7) is 5.29. The summed E-state index contributed by atoms with van der Waals surface area (Å²) in [6.07, 6.45) is 2.20. The molecule has 120 valence electrons. The monoisotopic (exact) mass is 308 g/mol. The van der Waals surface area contributed by atoms with E-state index >= 15 is 0 Å². The van der Waals surface area contributed by atoms with Crippen LogP contribution in [0.3, 0.4) is 0 Å². The largest absolute Gasteiger partial charge is 0.385 e. The number of hydrogen-bond donors (Lipinski definition) is 1. The smallest absolute Gasteiger partial charge is 0.176 e. The molecule has 1 N–H and O–H groups in total. The third-order valence-electron chi connectivity index (χ3n) is 4.43. The van der Waals surface area contributed by atoms with Gasteiger partial charge >= 0.3 is 0 Å². The van der Waals surface area contributed by atoms with Crippen LogP contribution in [0.2, 0.25) is 0 Å². The Morgan fingerprint density at radius 3 is 2.78 bits per heavy atom. The number of carbonyl (C=O) groups is 1. The molecule has 0 bridgehead atoms. The lowest BCUT2D eigenvalue weighted by Gasteiger charge is -2.21. The van der Waals surface area contributed by atoms with E-state index in [1.165, 1.54) is 16.8 Å². The standard InChI is InChI=1S/C20H24N2O/c1-2-22(14-16-7-4-3-5-8-16)15-20(23)18-10-11-19-17(13-18)9-6-12-21-19/h3-5,7-8,10-11,13,21H,2,6,9,12,14-15H2,1H3. The van der Waals surface area contributed by atoms with Gasteiger partial charge < -0.3 is 5.32 Å². The third kappa shape index (κ3) is 3.99. The van der Waals surface area contributed by atoms with E-state index in [1.54, 1.807) is 0 Å². The first-order chi connectivity index (χ1) is 11.3. The van der Waals surface area contributed by atoms with Crippen LogP contribution in [0.5, 0.6) is 0 Å². The summed E-state index contributed by atoms with van der Waals surface area (Å²) in [6, 6.07) is 16.4. The van der Waals surface area contributed by atoms with Crippen LogP contribution in [-0.2, 0) is 13.0 Å². The number of ketones is 1. The van der Waals surface area contributed by atoms with E-state index in [4.69, 9.17) is 0 Å². The van der Waals surface area contributed by atoms with Crippen LogP contribution in [0.15, 0.2) is 48.5 Å². The molecule has 0 atom stereocenters. The number of likely N-dealkylation sites (N-methyl/N-ethyl adjacent to an activating group) is 1. The average Bonchev–Trinajstić information content (AvgIpc) is 2.61. The predicted molar refractivity (Wildman–Crippen MR) is 95.0 cm³/mol. The highest BCUT2D eigenvalue weighted by Gasteiger charge is 2.15. The second-order valence-corrected chi connectivity index (χ2v) is 6.11. The van der Waals surface area contributed by atoms with Crippen LogP contribution in [0.25, 0.3) is 0 Å². The molecule has 0 unspecified atom stereocenters. The lowest BCUT2D eigenvalue weighted by molar-refractivity contribution is 0.0929. The molecule has 0 aliphatic carbocycles. The van der Waals surface area contributed by atoms with Gasteiger partial charge in [0, 0.05) is 24.3 Å². The molecule has 0 spiro atoms. The Bertz CT molecular complexity index is 667. The summed E-state index contributed by atoms with van der Waals surface area (Å²) in [7, 11) is 0. The Hall–Kier alpha value is -2.13. The zero-order chi connectivity index (χ0) is 16.1. The number of benzene rings is 2. The van der Waals surface area contributed by atoms with Crippen molar-refractivity contribution in [2.45, 2.75) is 26.3 Å². The molecule has 1 aliphatic rings. The number of hydrogen-bond acceptors (Lipinski definition) is 3. The summed E-state index contributed by atoms with van der Waals surface area (Å²) < 4.78 is 0. The van der Waals surface area contributed by atoms with Gasteiger partial charge in [-0.05, 0) is 48.7 Å². The lowest BCUT2D eigenvalue weighted by atomic mass is 9.99. The molecule has 1 heterocycles. The van der Waals surface area contributed by atoms with E-state index in [0.717, 1.165) is 38.0 Å². The Morgan fingerprint density at radius 2 is 2.00 bits per heavy atom. The van der Waals surface area contributed by atoms with Crippen molar-refractivity contribution in [3.8, 4) is 0 Å². The van der Waals surface area contributed by atoms with Crippen LogP contribution >= 0.6 is 0 Å². The maximum Gasteiger partial charge on any atom is 0.176 e. The molecule has 0 amide bonds. The van der Waals surface area contributed by atoms with Gasteiger partial charge in [-0.15, -0.1) is 0 Å². The molecular weight excluding hydrogens is 284 g/mol. The van der Waals surface area contributed by atoms with E-state index in [9.17, 15) is 4.79 Å². The summed E-state index contributed by atoms with van der Waals surface area (Å²) in [5.41, 5.74) is 4.54. The Kier molecular flexibility index (Phi) is 5.09. The van der Waals surface area contributed by atoms with E-state index in [2.05, 4.69) is 41.4 Å². The quantitative estimate of drug-likeness (QED) is 0.825. The highest BCUT2D eigenvalue weighted by molar-refractivity contribution is 5.98. The van der Waals surface area contributed by atoms with Crippen LogP contribution in [0.1, 0.15) is 34.8 Å². The number of anilines is 1. The number of nitrogens with zero attached hydrogens (tertiary/aromatic N) is 1. The van der Waals surface area contributed by atoms with Crippen molar-refractivity contribution < 1.29 is 4.79 Å². The lowest BCUT2D eigenvalue weighted by Crippen LogP contribution is -2.29. The van der Waals surface area contributed by atoms with Crippen molar-refractivity contribution in [3.63, 3.8) is 0 Å². The molecule has 3 nitrogen and oxygen atoms in total. The number of aryl methyl sites for hydroxylation is 1. The summed E-state index contributed by atoms with van der Waals surface area (Å²) in [5, 5.41) is 3.39. The average molecular weight is 308 g/mol. The Morgan fingerprint density at radius 1 is 1.17 bits per heavy atom. The van der Waals surface area contributed by atoms with Gasteiger partial charge in [-0.25, -0.2) is 0 Å². The van der Waals surface area contributed by atoms with Gasteiger partial charge in [0.15, 0.2) is 5.78 Å². The van der Waals surface area contributed by atoms with E-state index in [-0.39, 0.29) is 5.78 Å². The number of Topliss-reactive ketones (excluding diaryl/α,β-unsaturated/α-hetero) is 1. The van der Waals surface area contributed by atoms with Gasteiger partial charge in [-0.3, -0.25) is 9.69 Å². The molecule has 3 heteroatoms.